The Kier molecular flexibility index (Phi) is 4.53. The number of nitrogens with zero attached hydrogens (tertiary/aromatic N) is 1. The van der Waals surface area contributed by atoms with Crippen LogP contribution in [0.25, 0.3) is 0 Å². The number of rotatable bonds is 3. The zero-order valence-electron chi connectivity index (χ0n) is 15.6. The Hall–Kier alpha value is -2.57. The summed E-state index contributed by atoms with van der Waals surface area (Å²) >= 11 is 0. The number of carbonyl (C=O) groups is 3. The number of benzene rings is 1. The van der Waals surface area contributed by atoms with E-state index in [2.05, 4.69) is 16.0 Å². The Labute approximate surface area is 158 Å². The van der Waals surface area contributed by atoms with E-state index < -0.39 is 11.7 Å². The van der Waals surface area contributed by atoms with E-state index in [1.54, 1.807) is 17.9 Å². The van der Waals surface area contributed by atoms with Gasteiger partial charge >= 0.3 is 0 Å². The van der Waals surface area contributed by atoms with Gasteiger partial charge < -0.3 is 20.9 Å². The summed E-state index contributed by atoms with van der Waals surface area (Å²) in [6, 6.07) is 7.14. The van der Waals surface area contributed by atoms with Gasteiger partial charge in [0.15, 0.2) is 0 Å². The second-order valence-corrected chi connectivity index (χ2v) is 7.86. The first-order valence-electron chi connectivity index (χ1n) is 9.77. The molecular formula is C20H26N4O3. The number of para-hydroxylation sites is 1. The fraction of sp³-hybridized carbons (Fsp3) is 0.550. The minimum atomic E-state index is -0.653. The van der Waals surface area contributed by atoms with E-state index in [9.17, 15) is 14.4 Å². The van der Waals surface area contributed by atoms with E-state index in [0.717, 1.165) is 24.9 Å². The molecule has 27 heavy (non-hydrogen) atoms. The van der Waals surface area contributed by atoms with Crippen LogP contribution in [0.3, 0.4) is 0 Å². The molecule has 1 aromatic carbocycles. The molecule has 0 bridgehead atoms. The number of anilines is 1. The van der Waals surface area contributed by atoms with E-state index in [0.29, 0.717) is 24.9 Å². The Bertz CT molecular complexity index is 776. The molecule has 1 saturated carbocycles. The molecule has 2 heterocycles. The van der Waals surface area contributed by atoms with E-state index in [1.807, 2.05) is 18.2 Å². The SMILES string of the molecule is CC(C(=O)NC1CCC1)N1CCC2(CCC1=O)NC(=O)c1ccccc1N2. The van der Waals surface area contributed by atoms with Crippen LogP contribution in [0, 0.1) is 0 Å². The summed E-state index contributed by atoms with van der Waals surface area (Å²) in [5.74, 6) is -0.256. The highest BCUT2D eigenvalue weighted by Gasteiger charge is 2.41. The summed E-state index contributed by atoms with van der Waals surface area (Å²) in [6.45, 7) is 2.21. The third-order valence-electron chi connectivity index (χ3n) is 6.06. The second kappa shape index (κ2) is 6.87. The molecule has 144 valence electrons. The van der Waals surface area contributed by atoms with Gasteiger partial charge in [0.1, 0.15) is 11.7 Å². The molecule has 1 spiro atoms. The molecule has 3 amide bonds. The van der Waals surface area contributed by atoms with Crippen molar-refractivity contribution in [2.75, 3.05) is 11.9 Å². The predicted molar refractivity (Wildman–Crippen MR) is 101 cm³/mol. The lowest BCUT2D eigenvalue weighted by Gasteiger charge is -2.40. The maximum absolute atomic E-state index is 12.7. The average Bonchev–Trinajstić information content (AvgIpc) is 2.77. The number of nitrogens with one attached hydrogen (secondary N) is 3. The predicted octanol–water partition coefficient (Wildman–Crippen LogP) is 1.61. The lowest BCUT2D eigenvalue weighted by atomic mass is 9.93. The molecule has 0 radical (unpaired) electrons. The zero-order chi connectivity index (χ0) is 19.0. The van der Waals surface area contributed by atoms with Crippen LogP contribution < -0.4 is 16.0 Å². The minimum Gasteiger partial charge on any atom is -0.362 e. The van der Waals surface area contributed by atoms with E-state index in [4.69, 9.17) is 0 Å². The summed E-state index contributed by atoms with van der Waals surface area (Å²) in [5, 5.41) is 9.52. The Morgan fingerprint density at radius 2 is 2.00 bits per heavy atom. The molecule has 1 aliphatic carbocycles. The van der Waals surface area contributed by atoms with Gasteiger partial charge in [0, 0.05) is 31.1 Å². The van der Waals surface area contributed by atoms with Gasteiger partial charge in [0.2, 0.25) is 11.8 Å². The standard InChI is InChI=1S/C20H26N4O3/c1-13(18(26)21-14-5-4-6-14)24-12-11-20(10-9-17(24)25)22-16-8-3-2-7-15(16)19(27)23-20/h2-3,7-8,13-14,22H,4-6,9-12H2,1H3,(H,21,26)(H,23,27). The molecule has 2 atom stereocenters. The van der Waals surface area contributed by atoms with Crippen LogP contribution in [-0.2, 0) is 9.59 Å². The van der Waals surface area contributed by atoms with Crippen molar-refractivity contribution in [1.82, 2.24) is 15.5 Å². The normalized spacial score (nSPS) is 26.3. The summed E-state index contributed by atoms with van der Waals surface area (Å²) in [6.07, 6.45) is 4.53. The fourth-order valence-corrected chi connectivity index (χ4v) is 4.06. The topological polar surface area (TPSA) is 90.5 Å². The maximum atomic E-state index is 12.7. The molecule has 1 saturated heterocycles. The highest BCUT2D eigenvalue weighted by Crippen LogP contribution is 2.32. The van der Waals surface area contributed by atoms with Gasteiger partial charge in [-0.25, -0.2) is 0 Å². The van der Waals surface area contributed by atoms with Crippen LogP contribution in [0.2, 0.25) is 0 Å². The lowest BCUT2D eigenvalue weighted by Crippen LogP contribution is -2.58. The van der Waals surface area contributed by atoms with Gasteiger partial charge in [0.05, 0.1) is 5.56 Å². The molecule has 2 unspecified atom stereocenters. The van der Waals surface area contributed by atoms with Gasteiger partial charge in [-0.05, 0) is 44.7 Å². The smallest absolute Gasteiger partial charge is 0.255 e. The quantitative estimate of drug-likeness (QED) is 0.754. The summed E-state index contributed by atoms with van der Waals surface area (Å²) in [4.78, 5) is 39.4. The van der Waals surface area contributed by atoms with Gasteiger partial charge in [-0.3, -0.25) is 14.4 Å². The zero-order valence-corrected chi connectivity index (χ0v) is 15.6. The first kappa shape index (κ1) is 17.8. The summed E-state index contributed by atoms with van der Waals surface area (Å²) in [5.41, 5.74) is 0.752. The van der Waals surface area contributed by atoms with Gasteiger partial charge in [-0.2, -0.15) is 0 Å². The molecule has 2 fully saturated rings. The molecule has 7 nitrogen and oxygen atoms in total. The first-order valence-corrected chi connectivity index (χ1v) is 9.77. The molecule has 2 aliphatic heterocycles. The van der Waals surface area contributed by atoms with Crippen molar-refractivity contribution in [3.63, 3.8) is 0 Å². The summed E-state index contributed by atoms with van der Waals surface area (Å²) in [7, 11) is 0. The third-order valence-corrected chi connectivity index (χ3v) is 6.06. The number of fused-ring (bicyclic) bond motifs is 1. The molecule has 0 aromatic heterocycles. The van der Waals surface area contributed by atoms with Gasteiger partial charge in [0.25, 0.3) is 5.91 Å². The van der Waals surface area contributed by atoms with Crippen LogP contribution in [0.15, 0.2) is 24.3 Å². The van der Waals surface area contributed by atoms with Crippen molar-refractivity contribution in [2.45, 2.75) is 63.2 Å². The lowest BCUT2D eigenvalue weighted by molar-refractivity contribution is -0.139. The number of likely N-dealkylation sites (tertiary alicyclic amines) is 1. The number of carbonyl (C=O) groups excluding carboxylic acids is 3. The number of hydrogen-bond donors (Lipinski definition) is 3. The van der Waals surface area contributed by atoms with E-state index in [-0.39, 0.29) is 30.2 Å². The highest BCUT2D eigenvalue weighted by molar-refractivity contribution is 6.02. The Morgan fingerprint density at radius 1 is 1.22 bits per heavy atom. The van der Waals surface area contributed by atoms with Crippen molar-refractivity contribution < 1.29 is 14.4 Å². The molecule has 4 rings (SSSR count). The number of amides is 3. The fourth-order valence-electron chi connectivity index (χ4n) is 4.06. The summed E-state index contributed by atoms with van der Waals surface area (Å²) < 4.78 is 0. The molecular weight excluding hydrogens is 344 g/mol. The van der Waals surface area contributed by atoms with Crippen molar-refractivity contribution in [1.29, 1.82) is 0 Å². The third kappa shape index (κ3) is 3.38. The van der Waals surface area contributed by atoms with Crippen molar-refractivity contribution in [3.05, 3.63) is 29.8 Å². The van der Waals surface area contributed by atoms with Crippen molar-refractivity contribution in [3.8, 4) is 0 Å². The van der Waals surface area contributed by atoms with Crippen LogP contribution in [0.5, 0.6) is 0 Å². The molecule has 3 N–H and O–H groups in total. The Morgan fingerprint density at radius 3 is 2.74 bits per heavy atom. The number of hydrogen-bond acceptors (Lipinski definition) is 4. The van der Waals surface area contributed by atoms with E-state index in [1.165, 1.54) is 0 Å². The van der Waals surface area contributed by atoms with Gasteiger partial charge in [-0.15, -0.1) is 0 Å². The van der Waals surface area contributed by atoms with E-state index >= 15 is 0 Å². The van der Waals surface area contributed by atoms with Crippen LogP contribution in [0.4, 0.5) is 5.69 Å². The second-order valence-electron chi connectivity index (χ2n) is 7.86. The monoisotopic (exact) mass is 370 g/mol. The van der Waals surface area contributed by atoms with Crippen molar-refractivity contribution in [2.24, 2.45) is 0 Å². The maximum Gasteiger partial charge on any atom is 0.255 e. The minimum absolute atomic E-state index is 0.0435. The van der Waals surface area contributed by atoms with Crippen LogP contribution >= 0.6 is 0 Å². The average molecular weight is 370 g/mol. The van der Waals surface area contributed by atoms with Crippen LogP contribution in [0.1, 0.15) is 55.8 Å². The molecule has 3 aliphatic rings. The first-order chi connectivity index (χ1) is 13.0. The molecule has 7 heteroatoms. The van der Waals surface area contributed by atoms with Gasteiger partial charge in [-0.1, -0.05) is 12.1 Å². The van der Waals surface area contributed by atoms with Crippen LogP contribution in [-0.4, -0.2) is 46.9 Å². The van der Waals surface area contributed by atoms with Crippen molar-refractivity contribution >= 4 is 23.4 Å². The largest absolute Gasteiger partial charge is 0.362 e. The Balaban J connectivity index is 1.47. The highest BCUT2D eigenvalue weighted by atomic mass is 16.2. The molecule has 1 aromatic rings.